The maximum Gasteiger partial charge on any atom is 0.251 e. The van der Waals surface area contributed by atoms with E-state index < -0.39 is 0 Å². The van der Waals surface area contributed by atoms with Crippen molar-refractivity contribution in [1.82, 2.24) is 5.32 Å². The zero-order valence-corrected chi connectivity index (χ0v) is 17.3. The van der Waals surface area contributed by atoms with Crippen molar-refractivity contribution in [3.05, 3.63) is 46.5 Å². The highest BCUT2D eigenvalue weighted by Crippen LogP contribution is 2.35. The Morgan fingerprint density at radius 3 is 2.38 bits per heavy atom. The standard InChI is InChI=1S/C21H23ClN2O5/c1-27-17-11-19(29-3)18(28-2)10-14(17)12-23-21(26)13-6-7-15(22)16(9-13)24-8-4-5-20(24)25/h6-7,9-11H,4-5,8,12H2,1-3H3,(H,23,26). The number of anilines is 1. The van der Waals surface area contributed by atoms with Crippen molar-refractivity contribution in [1.29, 1.82) is 0 Å². The van der Waals surface area contributed by atoms with Gasteiger partial charge in [-0.1, -0.05) is 11.6 Å². The molecule has 1 fully saturated rings. The molecule has 8 heteroatoms. The van der Waals surface area contributed by atoms with E-state index in [-0.39, 0.29) is 18.4 Å². The van der Waals surface area contributed by atoms with Crippen molar-refractivity contribution in [2.24, 2.45) is 0 Å². The molecule has 0 saturated carbocycles. The molecule has 154 valence electrons. The number of halogens is 1. The molecule has 0 bridgehead atoms. The second-order valence-corrected chi connectivity index (χ2v) is 6.92. The first-order valence-corrected chi connectivity index (χ1v) is 9.53. The molecule has 1 aliphatic rings. The molecular formula is C21H23ClN2O5. The Bertz CT molecular complexity index is 932. The largest absolute Gasteiger partial charge is 0.496 e. The maximum absolute atomic E-state index is 12.7. The van der Waals surface area contributed by atoms with Crippen LogP contribution < -0.4 is 24.4 Å². The lowest BCUT2D eigenvalue weighted by Crippen LogP contribution is -2.26. The van der Waals surface area contributed by atoms with Gasteiger partial charge in [0.05, 0.1) is 32.0 Å². The first kappa shape index (κ1) is 20.8. The molecule has 1 aliphatic heterocycles. The van der Waals surface area contributed by atoms with Gasteiger partial charge in [-0.05, 0) is 30.7 Å². The van der Waals surface area contributed by atoms with Crippen LogP contribution in [0.1, 0.15) is 28.8 Å². The summed E-state index contributed by atoms with van der Waals surface area (Å²) in [5, 5.41) is 3.31. The number of hydrogen-bond acceptors (Lipinski definition) is 5. The number of hydrogen-bond donors (Lipinski definition) is 1. The van der Waals surface area contributed by atoms with E-state index in [1.165, 1.54) is 0 Å². The summed E-state index contributed by atoms with van der Waals surface area (Å²) in [4.78, 5) is 26.4. The Morgan fingerprint density at radius 2 is 1.76 bits per heavy atom. The average Bonchev–Trinajstić information content (AvgIpc) is 3.17. The second kappa shape index (κ2) is 9.05. The molecule has 2 aromatic rings. The molecule has 1 heterocycles. The van der Waals surface area contributed by atoms with Crippen molar-refractivity contribution in [2.45, 2.75) is 19.4 Å². The summed E-state index contributed by atoms with van der Waals surface area (Å²) in [5.41, 5.74) is 1.72. The fourth-order valence-corrected chi connectivity index (χ4v) is 3.49. The van der Waals surface area contributed by atoms with Gasteiger partial charge in [-0.2, -0.15) is 0 Å². The van der Waals surface area contributed by atoms with Gasteiger partial charge in [0.1, 0.15) is 5.75 Å². The van der Waals surface area contributed by atoms with Crippen LogP contribution in [0.2, 0.25) is 5.02 Å². The first-order chi connectivity index (χ1) is 14.0. The van der Waals surface area contributed by atoms with E-state index in [0.29, 0.717) is 46.5 Å². The minimum atomic E-state index is -0.286. The third-order valence-electron chi connectivity index (χ3n) is 4.80. The fraction of sp³-hybridized carbons (Fsp3) is 0.333. The van der Waals surface area contributed by atoms with Gasteiger partial charge in [-0.25, -0.2) is 0 Å². The van der Waals surface area contributed by atoms with Crippen LogP contribution in [0, 0.1) is 0 Å². The van der Waals surface area contributed by atoms with Crippen LogP contribution in [0.5, 0.6) is 17.2 Å². The number of ether oxygens (including phenoxy) is 3. The lowest BCUT2D eigenvalue weighted by molar-refractivity contribution is -0.117. The van der Waals surface area contributed by atoms with Crippen molar-refractivity contribution >= 4 is 29.1 Å². The summed E-state index contributed by atoms with van der Waals surface area (Å²) < 4.78 is 16.0. The molecule has 29 heavy (non-hydrogen) atoms. The Labute approximate surface area is 174 Å². The monoisotopic (exact) mass is 418 g/mol. The molecule has 0 radical (unpaired) electrons. The van der Waals surface area contributed by atoms with E-state index in [1.54, 1.807) is 56.6 Å². The van der Waals surface area contributed by atoms with Gasteiger partial charge in [0, 0.05) is 36.7 Å². The van der Waals surface area contributed by atoms with Gasteiger partial charge < -0.3 is 24.4 Å². The van der Waals surface area contributed by atoms with E-state index in [1.807, 2.05) is 0 Å². The van der Waals surface area contributed by atoms with Crippen molar-refractivity contribution in [2.75, 3.05) is 32.8 Å². The summed E-state index contributed by atoms with van der Waals surface area (Å²) in [7, 11) is 4.63. The summed E-state index contributed by atoms with van der Waals surface area (Å²) in [6.45, 7) is 0.829. The van der Waals surface area contributed by atoms with E-state index in [0.717, 1.165) is 12.0 Å². The lowest BCUT2D eigenvalue weighted by atomic mass is 10.1. The molecule has 1 saturated heterocycles. The number of carbonyl (C=O) groups is 2. The Balaban J connectivity index is 1.78. The highest BCUT2D eigenvalue weighted by molar-refractivity contribution is 6.34. The molecule has 0 atom stereocenters. The van der Waals surface area contributed by atoms with E-state index in [4.69, 9.17) is 25.8 Å². The Kier molecular flexibility index (Phi) is 6.49. The highest BCUT2D eigenvalue weighted by atomic mass is 35.5. The van der Waals surface area contributed by atoms with Crippen molar-refractivity contribution in [3.8, 4) is 17.2 Å². The van der Waals surface area contributed by atoms with Crippen LogP contribution in [0.15, 0.2) is 30.3 Å². The maximum atomic E-state index is 12.7. The third-order valence-corrected chi connectivity index (χ3v) is 5.12. The Morgan fingerprint density at radius 1 is 1.07 bits per heavy atom. The molecule has 0 unspecified atom stereocenters. The smallest absolute Gasteiger partial charge is 0.251 e. The number of carbonyl (C=O) groups excluding carboxylic acids is 2. The zero-order valence-electron chi connectivity index (χ0n) is 16.6. The Hall–Kier alpha value is -2.93. The van der Waals surface area contributed by atoms with Gasteiger partial charge in [0.15, 0.2) is 11.5 Å². The van der Waals surface area contributed by atoms with E-state index in [2.05, 4.69) is 5.32 Å². The van der Waals surface area contributed by atoms with Gasteiger partial charge in [0.25, 0.3) is 5.91 Å². The number of nitrogens with one attached hydrogen (secondary N) is 1. The summed E-state index contributed by atoms with van der Waals surface area (Å²) >= 11 is 6.25. The highest BCUT2D eigenvalue weighted by Gasteiger charge is 2.24. The van der Waals surface area contributed by atoms with Gasteiger partial charge in [-0.15, -0.1) is 0 Å². The van der Waals surface area contributed by atoms with Crippen LogP contribution >= 0.6 is 11.6 Å². The zero-order chi connectivity index (χ0) is 21.0. The molecule has 2 amide bonds. The minimum absolute atomic E-state index is 0.0134. The van der Waals surface area contributed by atoms with Crippen molar-refractivity contribution < 1.29 is 23.8 Å². The number of nitrogens with zero attached hydrogens (tertiary/aromatic N) is 1. The summed E-state index contributed by atoms with van der Waals surface area (Å²) in [6.07, 6.45) is 1.27. The molecular weight excluding hydrogens is 396 g/mol. The predicted molar refractivity (Wildman–Crippen MR) is 110 cm³/mol. The molecule has 0 aliphatic carbocycles. The predicted octanol–water partition coefficient (Wildman–Crippen LogP) is 3.42. The molecule has 0 spiro atoms. The normalized spacial score (nSPS) is 13.4. The number of rotatable bonds is 7. The minimum Gasteiger partial charge on any atom is -0.496 e. The molecule has 3 rings (SSSR count). The van der Waals surface area contributed by atoms with E-state index >= 15 is 0 Å². The fourth-order valence-electron chi connectivity index (χ4n) is 3.27. The summed E-state index contributed by atoms with van der Waals surface area (Å²) in [5.74, 6) is 1.38. The van der Waals surface area contributed by atoms with Crippen molar-refractivity contribution in [3.63, 3.8) is 0 Å². The molecule has 0 aromatic heterocycles. The summed E-state index contributed by atoms with van der Waals surface area (Å²) in [6, 6.07) is 8.38. The van der Waals surface area contributed by atoms with Gasteiger partial charge >= 0.3 is 0 Å². The molecule has 7 nitrogen and oxygen atoms in total. The number of amides is 2. The van der Waals surface area contributed by atoms with Gasteiger partial charge in [0.2, 0.25) is 5.91 Å². The van der Waals surface area contributed by atoms with Crippen LogP contribution in [-0.2, 0) is 11.3 Å². The SMILES string of the molecule is COc1cc(OC)c(OC)cc1CNC(=O)c1ccc(Cl)c(N2CCCC2=O)c1. The van der Waals surface area contributed by atoms with E-state index in [9.17, 15) is 9.59 Å². The topological polar surface area (TPSA) is 77.1 Å². The lowest BCUT2D eigenvalue weighted by Gasteiger charge is -2.18. The first-order valence-electron chi connectivity index (χ1n) is 9.15. The average molecular weight is 419 g/mol. The quantitative estimate of drug-likeness (QED) is 0.745. The van der Waals surface area contributed by atoms with Crippen LogP contribution in [0.25, 0.3) is 0 Å². The number of benzene rings is 2. The van der Waals surface area contributed by atoms with Crippen LogP contribution in [-0.4, -0.2) is 39.7 Å². The molecule has 1 N–H and O–H groups in total. The van der Waals surface area contributed by atoms with Crippen LogP contribution in [0.4, 0.5) is 5.69 Å². The van der Waals surface area contributed by atoms with Gasteiger partial charge in [-0.3, -0.25) is 9.59 Å². The number of methoxy groups -OCH3 is 3. The molecule has 2 aromatic carbocycles. The third kappa shape index (κ3) is 4.40. The second-order valence-electron chi connectivity index (χ2n) is 6.52. The van der Waals surface area contributed by atoms with Crippen LogP contribution in [0.3, 0.4) is 0 Å².